The fourth-order valence-electron chi connectivity index (χ4n) is 3.32. The zero-order valence-corrected chi connectivity index (χ0v) is 18.3. The van der Waals surface area contributed by atoms with E-state index in [0.29, 0.717) is 16.5 Å². The minimum atomic E-state index is -0.883. The predicted molar refractivity (Wildman–Crippen MR) is 123 cm³/mol. The van der Waals surface area contributed by atoms with Crippen molar-refractivity contribution in [2.24, 2.45) is 0 Å². The van der Waals surface area contributed by atoms with Crippen molar-refractivity contribution in [3.63, 3.8) is 0 Å². The topological polar surface area (TPSA) is 90.4 Å². The molecular weight excluding hydrogens is 446 g/mol. The minimum absolute atomic E-state index is 0.0338. The Labute approximate surface area is 191 Å². The van der Waals surface area contributed by atoms with Crippen molar-refractivity contribution in [3.05, 3.63) is 66.3 Å². The van der Waals surface area contributed by atoms with Crippen LogP contribution in [0.5, 0.6) is 11.5 Å². The minimum Gasteiger partial charge on any atom is -0.485 e. The molecule has 5 rings (SSSR count). The van der Waals surface area contributed by atoms with Crippen molar-refractivity contribution in [3.8, 4) is 22.6 Å². The normalized spacial score (nSPS) is 14.8. The number of para-hydroxylation sites is 2. The van der Waals surface area contributed by atoms with Gasteiger partial charge in [-0.3, -0.25) is 14.9 Å². The highest BCUT2D eigenvalue weighted by Gasteiger charge is 2.28. The van der Waals surface area contributed by atoms with E-state index in [1.54, 1.807) is 18.2 Å². The Morgan fingerprint density at radius 1 is 1.06 bits per heavy atom. The van der Waals surface area contributed by atoms with E-state index in [0.717, 1.165) is 21.3 Å². The molecule has 0 aliphatic carbocycles. The second-order valence-corrected chi connectivity index (χ2v) is 8.76. The molecule has 1 aliphatic heterocycles. The van der Waals surface area contributed by atoms with Crippen LogP contribution in [0.4, 0.5) is 0 Å². The van der Waals surface area contributed by atoms with Crippen molar-refractivity contribution < 1.29 is 19.1 Å². The molecule has 0 unspecified atom stereocenters. The standard InChI is InChI=1S/C23H17N3O4S2/c27-19(26-21(28)18-10-29-16-8-4-5-9-17(16)30-18)12-32-23-20-15(14-6-2-1-3-7-14)11-31-22(20)24-13-25-23/h1-9,11,13,18H,10,12H2,(H,26,27,28)/t18-/m0/s1. The molecule has 2 amide bonds. The van der Waals surface area contributed by atoms with Crippen LogP contribution in [0.25, 0.3) is 21.3 Å². The Balaban J connectivity index is 1.26. The fraction of sp³-hybridized carbons (Fsp3) is 0.130. The lowest BCUT2D eigenvalue weighted by Crippen LogP contribution is -2.46. The lowest BCUT2D eigenvalue weighted by Gasteiger charge is -2.25. The summed E-state index contributed by atoms with van der Waals surface area (Å²) in [7, 11) is 0. The van der Waals surface area contributed by atoms with Crippen LogP contribution in [0.3, 0.4) is 0 Å². The Kier molecular flexibility index (Phi) is 5.74. The molecule has 0 fully saturated rings. The van der Waals surface area contributed by atoms with E-state index in [9.17, 15) is 9.59 Å². The first-order valence-electron chi connectivity index (χ1n) is 9.81. The number of ether oxygens (including phenoxy) is 2. The van der Waals surface area contributed by atoms with E-state index in [-0.39, 0.29) is 12.4 Å². The van der Waals surface area contributed by atoms with Crippen molar-refractivity contribution in [1.29, 1.82) is 0 Å². The van der Waals surface area contributed by atoms with Gasteiger partial charge in [0.1, 0.15) is 22.8 Å². The molecule has 1 aliphatic rings. The van der Waals surface area contributed by atoms with Crippen LogP contribution in [0, 0.1) is 0 Å². The Hall–Kier alpha value is -3.43. The molecule has 1 atom stereocenters. The molecule has 3 heterocycles. The second-order valence-electron chi connectivity index (χ2n) is 6.94. The summed E-state index contributed by atoms with van der Waals surface area (Å²) in [6, 6.07) is 17.1. The number of carbonyl (C=O) groups is 2. The Morgan fingerprint density at radius 3 is 2.69 bits per heavy atom. The summed E-state index contributed by atoms with van der Waals surface area (Å²) in [6.45, 7) is 0.0468. The van der Waals surface area contributed by atoms with Gasteiger partial charge < -0.3 is 9.47 Å². The van der Waals surface area contributed by atoms with Crippen LogP contribution in [-0.4, -0.2) is 40.2 Å². The molecule has 160 valence electrons. The summed E-state index contributed by atoms with van der Waals surface area (Å²) >= 11 is 2.80. The van der Waals surface area contributed by atoms with Gasteiger partial charge in [0.05, 0.1) is 11.1 Å². The summed E-state index contributed by atoms with van der Waals surface area (Å²) in [5.41, 5.74) is 2.08. The van der Waals surface area contributed by atoms with Gasteiger partial charge in [0.25, 0.3) is 5.91 Å². The van der Waals surface area contributed by atoms with E-state index in [2.05, 4.69) is 15.3 Å². The van der Waals surface area contributed by atoms with Gasteiger partial charge in [-0.15, -0.1) is 11.3 Å². The number of carbonyl (C=O) groups excluding carboxylic acids is 2. The zero-order valence-electron chi connectivity index (χ0n) is 16.7. The van der Waals surface area contributed by atoms with E-state index >= 15 is 0 Å². The van der Waals surface area contributed by atoms with Crippen LogP contribution in [0.1, 0.15) is 0 Å². The quantitative estimate of drug-likeness (QED) is 0.354. The molecule has 0 spiro atoms. The van der Waals surface area contributed by atoms with Crippen LogP contribution < -0.4 is 14.8 Å². The summed E-state index contributed by atoms with van der Waals surface area (Å²) < 4.78 is 11.2. The third-order valence-corrected chi connectivity index (χ3v) is 6.70. The third-order valence-electron chi connectivity index (χ3n) is 4.82. The van der Waals surface area contributed by atoms with Gasteiger partial charge in [-0.25, -0.2) is 9.97 Å². The third kappa shape index (κ3) is 4.17. The number of hydrogen-bond acceptors (Lipinski definition) is 8. The number of benzene rings is 2. The van der Waals surface area contributed by atoms with Gasteiger partial charge in [-0.2, -0.15) is 0 Å². The number of nitrogens with zero attached hydrogens (tertiary/aromatic N) is 2. The van der Waals surface area contributed by atoms with Crippen LogP contribution in [0.15, 0.2) is 71.3 Å². The maximum Gasteiger partial charge on any atom is 0.271 e. The van der Waals surface area contributed by atoms with E-state index < -0.39 is 17.9 Å². The van der Waals surface area contributed by atoms with Crippen LogP contribution >= 0.6 is 23.1 Å². The number of thiophene rings is 1. The van der Waals surface area contributed by atoms with Crippen molar-refractivity contribution in [1.82, 2.24) is 15.3 Å². The van der Waals surface area contributed by atoms with Gasteiger partial charge >= 0.3 is 0 Å². The first kappa shape index (κ1) is 20.5. The molecule has 4 aromatic rings. The summed E-state index contributed by atoms with van der Waals surface area (Å²) in [6.07, 6.45) is 0.607. The van der Waals surface area contributed by atoms with E-state index in [1.807, 2.05) is 41.8 Å². The lowest BCUT2D eigenvalue weighted by molar-refractivity contribution is -0.135. The van der Waals surface area contributed by atoms with Gasteiger partial charge in [0.15, 0.2) is 11.5 Å². The molecule has 2 aromatic carbocycles. The molecular formula is C23H17N3O4S2. The number of nitrogens with one attached hydrogen (secondary N) is 1. The fourth-order valence-corrected chi connectivity index (χ4v) is 5.12. The van der Waals surface area contributed by atoms with Gasteiger partial charge in [-0.1, -0.05) is 54.2 Å². The van der Waals surface area contributed by atoms with Crippen molar-refractivity contribution >= 4 is 45.1 Å². The number of thioether (sulfide) groups is 1. The number of rotatable bonds is 5. The number of aromatic nitrogens is 2. The number of fused-ring (bicyclic) bond motifs is 2. The molecule has 32 heavy (non-hydrogen) atoms. The van der Waals surface area contributed by atoms with Gasteiger partial charge in [0, 0.05) is 10.9 Å². The summed E-state index contributed by atoms with van der Waals surface area (Å²) in [5, 5.41) is 6.05. The van der Waals surface area contributed by atoms with Gasteiger partial charge in [-0.05, 0) is 17.7 Å². The summed E-state index contributed by atoms with van der Waals surface area (Å²) in [4.78, 5) is 34.5. The highest BCUT2D eigenvalue weighted by atomic mass is 32.2. The molecule has 0 saturated heterocycles. The predicted octanol–water partition coefficient (Wildman–Crippen LogP) is 3.93. The SMILES string of the molecule is O=C(CSc1ncnc2scc(-c3ccccc3)c12)NC(=O)[C@@H]1COc2ccccc2O1. The average Bonchev–Trinajstić information content (AvgIpc) is 3.28. The zero-order chi connectivity index (χ0) is 21.9. The van der Waals surface area contributed by atoms with Crippen molar-refractivity contribution in [2.45, 2.75) is 11.1 Å². The lowest BCUT2D eigenvalue weighted by atomic mass is 10.1. The molecule has 1 N–H and O–H groups in total. The second kappa shape index (κ2) is 8.97. The molecule has 0 radical (unpaired) electrons. The Bertz CT molecular complexity index is 1290. The number of imide groups is 1. The molecule has 7 nitrogen and oxygen atoms in total. The summed E-state index contributed by atoms with van der Waals surface area (Å²) in [5.74, 6) is 0.141. The van der Waals surface area contributed by atoms with Gasteiger partial charge in [0.2, 0.25) is 12.0 Å². The Morgan fingerprint density at radius 2 is 1.84 bits per heavy atom. The maximum absolute atomic E-state index is 12.5. The smallest absolute Gasteiger partial charge is 0.271 e. The average molecular weight is 464 g/mol. The van der Waals surface area contributed by atoms with Crippen LogP contribution in [-0.2, 0) is 9.59 Å². The monoisotopic (exact) mass is 463 g/mol. The maximum atomic E-state index is 12.5. The number of hydrogen-bond donors (Lipinski definition) is 1. The molecule has 2 aromatic heterocycles. The largest absolute Gasteiger partial charge is 0.485 e. The first-order chi connectivity index (χ1) is 15.7. The molecule has 0 saturated carbocycles. The van der Waals surface area contributed by atoms with Crippen LogP contribution in [0.2, 0.25) is 0 Å². The molecule has 0 bridgehead atoms. The molecule has 9 heteroatoms. The first-order valence-corrected chi connectivity index (χ1v) is 11.7. The number of amides is 2. The van der Waals surface area contributed by atoms with E-state index in [4.69, 9.17) is 9.47 Å². The van der Waals surface area contributed by atoms with E-state index in [1.165, 1.54) is 29.4 Å². The highest BCUT2D eigenvalue weighted by molar-refractivity contribution is 8.00. The van der Waals surface area contributed by atoms with Crippen molar-refractivity contribution in [2.75, 3.05) is 12.4 Å². The highest BCUT2D eigenvalue weighted by Crippen LogP contribution is 2.37.